The van der Waals surface area contributed by atoms with Gasteiger partial charge in [-0.15, -0.1) is 0 Å². The molecule has 0 spiro atoms. The highest BCUT2D eigenvalue weighted by molar-refractivity contribution is 5.92. The summed E-state index contributed by atoms with van der Waals surface area (Å²) in [4.78, 5) is 29.6. The topological polar surface area (TPSA) is 110 Å². The Bertz CT molecular complexity index is 688. The van der Waals surface area contributed by atoms with Crippen LogP contribution in [0.5, 0.6) is 0 Å². The fourth-order valence-electron chi connectivity index (χ4n) is 1.65. The van der Waals surface area contributed by atoms with Gasteiger partial charge < -0.3 is 14.9 Å². The zero-order valence-corrected chi connectivity index (χ0v) is 13.6. The molecule has 0 saturated heterocycles. The minimum absolute atomic E-state index is 0.0528. The molecular formula is C17H20N2O5. The van der Waals surface area contributed by atoms with E-state index in [-0.39, 0.29) is 24.7 Å². The number of carbonyl (C=O) groups excluding carboxylic acids is 2. The van der Waals surface area contributed by atoms with Crippen molar-refractivity contribution in [2.75, 3.05) is 6.61 Å². The van der Waals surface area contributed by atoms with Crippen LogP contribution in [0.3, 0.4) is 0 Å². The van der Waals surface area contributed by atoms with Crippen molar-refractivity contribution >= 4 is 11.8 Å². The van der Waals surface area contributed by atoms with E-state index in [0.717, 1.165) is 0 Å². The molecule has 0 amide bonds. The third-order valence-corrected chi connectivity index (χ3v) is 2.86. The standard InChI is InChI=1S/C9H11NO3.C8H9NO2/c1-2-13-9(12)8-5-7(6-11)3-4-10-8;1-6(11)8-4-7(5-10)2-3-9-8/h3-5,11H,2,6H2,1H3;2-4,10H,5H2,1H3. The molecule has 7 heteroatoms. The Hall–Kier alpha value is -2.64. The van der Waals surface area contributed by atoms with Gasteiger partial charge >= 0.3 is 5.97 Å². The average Bonchev–Trinajstić information content (AvgIpc) is 2.62. The van der Waals surface area contributed by atoms with Gasteiger partial charge in [-0.05, 0) is 42.3 Å². The Morgan fingerprint density at radius 2 is 1.50 bits per heavy atom. The van der Waals surface area contributed by atoms with Crippen LogP contribution >= 0.6 is 0 Å². The molecule has 0 saturated carbocycles. The lowest BCUT2D eigenvalue weighted by atomic mass is 10.2. The van der Waals surface area contributed by atoms with Crippen LogP contribution < -0.4 is 0 Å². The maximum atomic E-state index is 11.1. The number of Topliss-reactive ketones (excluding diaryl/α,β-unsaturated/α-hetero) is 1. The van der Waals surface area contributed by atoms with Crippen molar-refractivity contribution in [3.8, 4) is 0 Å². The SMILES string of the molecule is CC(=O)c1cc(CO)ccn1.CCOC(=O)c1cc(CO)ccn1. The molecule has 0 fully saturated rings. The number of ether oxygens (including phenoxy) is 1. The van der Waals surface area contributed by atoms with Crippen LogP contribution in [-0.2, 0) is 18.0 Å². The number of esters is 1. The molecule has 2 rings (SSSR count). The molecule has 7 nitrogen and oxygen atoms in total. The van der Waals surface area contributed by atoms with E-state index < -0.39 is 5.97 Å². The Balaban J connectivity index is 0.000000243. The molecule has 2 aromatic rings. The molecule has 2 N–H and O–H groups in total. The predicted molar refractivity (Wildman–Crippen MR) is 86.3 cm³/mol. The van der Waals surface area contributed by atoms with E-state index in [1.54, 1.807) is 25.1 Å². The molecule has 0 aromatic carbocycles. The molecule has 0 aliphatic rings. The number of rotatable bonds is 5. The first kappa shape index (κ1) is 19.4. The van der Waals surface area contributed by atoms with Crippen molar-refractivity contribution in [3.05, 3.63) is 59.2 Å². The second-order valence-corrected chi connectivity index (χ2v) is 4.69. The summed E-state index contributed by atoms with van der Waals surface area (Å²) in [6.45, 7) is 3.35. The third kappa shape index (κ3) is 6.23. The summed E-state index contributed by atoms with van der Waals surface area (Å²) in [5.74, 6) is -0.543. The van der Waals surface area contributed by atoms with Gasteiger partial charge in [0.05, 0.1) is 19.8 Å². The van der Waals surface area contributed by atoms with Gasteiger partial charge in [-0.25, -0.2) is 9.78 Å². The Morgan fingerprint density at radius 1 is 1.00 bits per heavy atom. The smallest absolute Gasteiger partial charge is 0.356 e. The molecule has 128 valence electrons. The predicted octanol–water partition coefficient (Wildman–Crippen LogP) is 1.53. The zero-order chi connectivity index (χ0) is 17.9. The van der Waals surface area contributed by atoms with Crippen LogP contribution in [0, 0.1) is 0 Å². The number of ketones is 1. The molecule has 2 heterocycles. The van der Waals surface area contributed by atoms with Crippen molar-refractivity contribution < 1.29 is 24.5 Å². The summed E-state index contributed by atoms with van der Waals surface area (Å²) in [7, 11) is 0. The summed E-state index contributed by atoms with van der Waals surface area (Å²) in [5.41, 5.74) is 1.99. The quantitative estimate of drug-likeness (QED) is 0.631. The summed E-state index contributed by atoms with van der Waals surface area (Å²) in [5, 5.41) is 17.5. The lowest BCUT2D eigenvalue weighted by Gasteiger charge is -2.01. The molecule has 24 heavy (non-hydrogen) atoms. The van der Waals surface area contributed by atoms with Crippen molar-refractivity contribution in [2.45, 2.75) is 27.1 Å². The van der Waals surface area contributed by atoms with Crippen molar-refractivity contribution in [2.24, 2.45) is 0 Å². The molecule has 0 aliphatic carbocycles. The summed E-state index contributed by atoms with van der Waals surface area (Å²) >= 11 is 0. The summed E-state index contributed by atoms with van der Waals surface area (Å²) in [6, 6.07) is 6.41. The maximum Gasteiger partial charge on any atom is 0.356 e. The lowest BCUT2D eigenvalue weighted by molar-refractivity contribution is 0.0519. The van der Waals surface area contributed by atoms with E-state index in [9.17, 15) is 9.59 Å². The minimum Gasteiger partial charge on any atom is -0.461 e. The van der Waals surface area contributed by atoms with Crippen molar-refractivity contribution in [1.82, 2.24) is 9.97 Å². The van der Waals surface area contributed by atoms with Gasteiger partial charge in [0.2, 0.25) is 0 Å². The van der Waals surface area contributed by atoms with Crippen LogP contribution in [-0.4, -0.2) is 38.5 Å². The average molecular weight is 332 g/mol. The number of carbonyl (C=O) groups is 2. The van der Waals surface area contributed by atoms with Crippen LogP contribution in [0.2, 0.25) is 0 Å². The fraction of sp³-hybridized carbons (Fsp3) is 0.294. The molecule has 0 atom stereocenters. The number of aliphatic hydroxyl groups is 2. The highest BCUT2D eigenvalue weighted by Gasteiger charge is 2.07. The van der Waals surface area contributed by atoms with Gasteiger partial charge in [-0.2, -0.15) is 0 Å². The van der Waals surface area contributed by atoms with Gasteiger partial charge in [-0.3, -0.25) is 9.78 Å². The van der Waals surface area contributed by atoms with Gasteiger partial charge in [-0.1, -0.05) is 0 Å². The van der Waals surface area contributed by atoms with E-state index in [4.69, 9.17) is 14.9 Å². The largest absolute Gasteiger partial charge is 0.461 e. The van der Waals surface area contributed by atoms with Gasteiger partial charge in [0.15, 0.2) is 5.78 Å². The second-order valence-electron chi connectivity index (χ2n) is 4.69. The number of hydrogen-bond donors (Lipinski definition) is 2. The van der Waals surface area contributed by atoms with Crippen LogP contribution in [0.1, 0.15) is 46.0 Å². The second kappa shape index (κ2) is 10.2. The number of pyridine rings is 2. The van der Waals surface area contributed by atoms with Gasteiger partial charge in [0, 0.05) is 19.3 Å². The van der Waals surface area contributed by atoms with E-state index in [1.165, 1.54) is 25.4 Å². The van der Waals surface area contributed by atoms with E-state index in [0.29, 0.717) is 23.4 Å². The highest BCUT2D eigenvalue weighted by Crippen LogP contribution is 2.03. The first-order chi connectivity index (χ1) is 11.5. The Labute approximate surface area is 140 Å². The van der Waals surface area contributed by atoms with Gasteiger partial charge in [0.1, 0.15) is 11.4 Å². The number of aromatic nitrogens is 2. The Morgan fingerprint density at radius 3 is 1.96 bits per heavy atom. The number of aliphatic hydroxyl groups excluding tert-OH is 2. The first-order valence-corrected chi connectivity index (χ1v) is 7.31. The molecule has 0 aliphatic heterocycles. The van der Waals surface area contributed by atoms with Crippen LogP contribution in [0.4, 0.5) is 0 Å². The minimum atomic E-state index is -0.460. The Kier molecular flexibility index (Phi) is 8.24. The lowest BCUT2D eigenvalue weighted by Crippen LogP contribution is -2.07. The summed E-state index contributed by atoms with van der Waals surface area (Å²) in [6.07, 6.45) is 2.99. The van der Waals surface area contributed by atoms with Crippen molar-refractivity contribution in [1.29, 1.82) is 0 Å². The monoisotopic (exact) mass is 332 g/mol. The highest BCUT2D eigenvalue weighted by atomic mass is 16.5. The maximum absolute atomic E-state index is 11.1. The third-order valence-electron chi connectivity index (χ3n) is 2.86. The van der Waals surface area contributed by atoms with Crippen LogP contribution in [0.15, 0.2) is 36.7 Å². The molecule has 0 unspecified atom stereocenters. The van der Waals surface area contributed by atoms with E-state index in [1.807, 2.05) is 0 Å². The number of nitrogens with zero attached hydrogens (tertiary/aromatic N) is 2. The molecular weight excluding hydrogens is 312 g/mol. The van der Waals surface area contributed by atoms with Crippen molar-refractivity contribution in [3.63, 3.8) is 0 Å². The zero-order valence-electron chi connectivity index (χ0n) is 13.6. The first-order valence-electron chi connectivity index (χ1n) is 7.31. The fourth-order valence-corrected chi connectivity index (χ4v) is 1.65. The van der Waals surface area contributed by atoms with E-state index >= 15 is 0 Å². The van der Waals surface area contributed by atoms with Crippen LogP contribution in [0.25, 0.3) is 0 Å². The van der Waals surface area contributed by atoms with Gasteiger partial charge in [0.25, 0.3) is 0 Å². The molecule has 0 radical (unpaired) electrons. The number of hydrogen-bond acceptors (Lipinski definition) is 7. The molecule has 0 bridgehead atoms. The normalized spacial score (nSPS) is 9.67. The van der Waals surface area contributed by atoms with E-state index in [2.05, 4.69) is 9.97 Å². The molecule has 2 aromatic heterocycles. The summed E-state index contributed by atoms with van der Waals surface area (Å²) < 4.78 is 4.74.